The minimum Gasteiger partial charge on any atom is -0.475 e. The first-order valence-corrected chi connectivity index (χ1v) is 5.95. The summed E-state index contributed by atoms with van der Waals surface area (Å²) in [7, 11) is 0. The lowest BCUT2D eigenvalue weighted by Crippen LogP contribution is -2.39. The number of ether oxygens (including phenoxy) is 3. The van der Waals surface area contributed by atoms with Crippen molar-refractivity contribution in [3.8, 4) is 0 Å². The maximum absolute atomic E-state index is 11.1. The highest BCUT2D eigenvalue weighted by Crippen LogP contribution is 2.22. The molecule has 0 saturated heterocycles. The molecule has 0 aromatic rings. The standard InChI is InChI=1S/C13H21NO4/c1-11(2)12(15)17-10-9-16-7-5-14-6-8-18-13(14,3)4/h6,8H,1,5,7,9-10H2,2-4H3. The minimum absolute atomic E-state index is 0.251. The molecule has 0 N–H and O–H groups in total. The van der Waals surface area contributed by atoms with Crippen LogP contribution in [0.25, 0.3) is 0 Å². The fraction of sp³-hybridized carbons (Fsp3) is 0.615. The van der Waals surface area contributed by atoms with Crippen molar-refractivity contribution in [2.45, 2.75) is 26.5 Å². The third kappa shape index (κ3) is 4.41. The van der Waals surface area contributed by atoms with Crippen molar-refractivity contribution in [1.29, 1.82) is 0 Å². The Kier molecular flexibility index (Phi) is 5.22. The van der Waals surface area contributed by atoms with E-state index in [1.807, 2.05) is 24.9 Å². The fourth-order valence-electron chi connectivity index (χ4n) is 1.44. The van der Waals surface area contributed by atoms with Gasteiger partial charge in [-0.25, -0.2) is 4.79 Å². The Morgan fingerprint density at radius 1 is 1.39 bits per heavy atom. The van der Waals surface area contributed by atoms with E-state index in [1.165, 1.54) is 0 Å². The predicted molar refractivity (Wildman–Crippen MR) is 67.6 cm³/mol. The van der Waals surface area contributed by atoms with Crippen LogP contribution in [0.15, 0.2) is 24.6 Å². The molecule has 102 valence electrons. The summed E-state index contributed by atoms with van der Waals surface area (Å²) >= 11 is 0. The maximum Gasteiger partial charge on any atom is 0.333 e. The molecule has 1 rings (SSSR count). The van der Waals surface area contributed by atoms with Crippen LogP contribution in [-0.4, -0.2) is 43.0 Å². The summed E-state index contributed by atoms with van der Waals surface area (Å²) in [4.78, 5) is 13.1. The summed E-state index contributed by atoms with van der Waals surface area (Å²) in [5.41, 5.74) is 0.0894. The third-order valence-corrected chi connectivity index (χ3v) is 2.57. The van der Waals surface area contributed by atoms with Crippen LogP contribution in [0.4, 0.5) is 0 Å². The van der Waals surface area contributed by atoms with Gasteiger partial charge in [0, 0.05) is 18.3 Å². The maximum atomic E-state index is 11.1. The zero-order valence-corrected chi connectivity index (χ0v) is 11.3. The van der Waals surface area contributed by atoms with Gasteiger partial charge in [-0.15, -0.1) is 0 Å². The van der Waals surface area contributed by atoms with Gasteiger partial charge in [0.25, 0.3) is 0 Å². The predicted octanol–water partition coefficient (Wildman–Crippen LogP) is 1.66. The number of rotatable bonds is 7. The van der Waals surface area contributed by atoms with Gasteiger partial charge in [0.2, 0.25) is 0 Å². The molecule has 0 fully saturated rings. The molecule has 5 nitrogen and oxygen atoms in total. The average molecular weight is 255 g/mol. The van der Waals surface area contributed by atoms with Crippen LogP contribution in [-0.2, 0) is 19.0 Å². The molecule has 1 heterocycles. The van der Waals surface area contributed by atoms with Crippen LogP contribution in [0.5, 0.6) is 0 Å². The van der Waals surface area contributed by atoms with Gasteiger partial charge in [-0.05, 0) is 20.8 Å². The molecule has 5 heteroatoms. The molecule has 0 radical (unpaired) electrons. The largest absolute Gasteiger partial charge is 0.475 e. The summed E-state index contributed by atoms with van der Waals surface area (Å²) in [6.07, 6.45) is 3.57. The zero-order valence-electron chi connectivity index (χ0n) is 11.3. The smallest absolute Gasteiger partial charge is 0.333 e. The summed E-state index contributed by atoms with van der Waals surface area (Å²) in [6.45, 7) is 11.0. The number of carbonyl (C=O) groups is 1. The zero-order chi connectivity index (χ0) is 13.6. The van der Waals surface area contributed by atoms with Crippen molar-refractivity contribution >= 4 is 5.97 Å². The lowest BCUT2D eigenvalue weighted by atomic mass is 10.3. The highest BCUT2D eigenvalue weighted by atomic mass is 16.6. The van der Waals surface area contributed by atoms with Crippen LogP contribution < -0.4 is 0 Å². The lowest BCUT2D eigenvalue weighted by molar-refractivity contribution is -0.140. The van der Waals surface area contributed by atoms with Crippen molar-refractivity contribution in [1.82, 2.24) is 4.90 Å². The number of hydrogen-bond donors (Lipinski definition) is 0. The second kappa shape index (κ2) is 6.44. The molecule has 0 atom stereocenters. The highest BCUT2D eigenvalue weighted by Gasteiger charge is 2.28. The average Bonchev–Trinajstić information content (AvgIpc) is 2.62. The van der Waals surface area contributed by atoms with E-state index in [0.717, 1.165) is 6.54 Å². The van der Waals surface area contributed by atoms with E-state index in [0.29, 0.717) is 18.8 Å². The van der Waals surface area contributed by atoms with Crippen molar-refractivity contribution in [3.63, 3.8) is 0 Å². The van der Waals surface area contributed by atoms with E-state index in [2.05, 4.69) is 6.58 Å². The molecule has 1 aliphatic heterocycles. The monoisotopic (exact) mass is 255 g/mol. The number of esters is 1. The number of hydrogen-bond acceptors (Lipinski definition) is 5. The Balaban J connectivity index is 2.04. The second-order valence-corrected chi connectivity index (χ2v) is 4.57. The Morgan fingerprint density at radius 3 is 2.67 bits per heavy atom. The van der Waals surface area contributed by atoms with Crippen LogP contribution in [0.3, 0.4) is 0 Å². The van der Waals surface area contributed by atoms with Gasteiger partial charge in [-0.1, -0.05) is 6.58 Å². The van der Waals surface area contributed by atoms with Gasteiger partial charge in [0.05, 0.1) is 13.2 Å². The highest BCUT2D eigenvalue weighted by molar-refractivity contribution is 5.86. The molecule has 0 aliphatic carbocycles. The van der Waals surface area contributed by atoms with Crippen molar-refractivity contribution in [2.24, 2.45) is 0 Å². The molecule has 18 heavy (non-hydrogen) atoms. The number of nitrogens with zero attached hydrogens (tertiary/aromatic N) is 1. The SMILES string of the molecule is C=C(C)C(=O)OCCOCCN1C=COC1(C)C. The Morgan fingerprint density at radius 2 is 2.11 bits per heavy atom. The molecular weight excluding hydrogens is 234 g/mol. The summed E-state index contributed by atoms with van der Waals surface area (Å²) in [5.74, 6) is -0.379. The van der Waals surface area contributed by atoms with Gasteiger partial charge in [0.1, 0.15) is 12.9 Å². The van der Waals surface area contributed by atoms with Gasteiger partial charge < -0.3 is 19.1 Å². The van der Waals surface area contributed by atoms with Gasteiger partial charge in [-0.2, -0.15) is 0 Å². The molecule has 1 aliphatic rings. The Labute approximate surface area is 108 Å². The Bertz CT molecular complexity index is 336. The summed E-state index contributed by atoms with van der Waals surface area (Å²) in [5, 5.41) is 0. The Hall–Kier alpha value is -1.49. The van der Waals surface area contributed by atoms with Crippen molar-refractivity contribution in [3.05, 3.63) is 24.6 Å². The van der Waals surface area contributed by atoms with E-state index < -0.39 is 0 Å². The van der Waals surface area contributed by atoms with E-state index in [4.69, 9.17) is 14.2 Å². The van der Waals surface area contributed by atoms with Crippen molar-refractivity contribution < 1.29 is 19.0 Å². The quantitative estimate of drug-likeness (QED) is 0.393. The second-order valence-electron chi connectivity index (χ2n) is 4.57. The van der Waals surface area contributed by atoms with E-state index in [9.17, 15) is 4.79 Å². The summed E-state index contributed by atoms with van der Waals surface area (Å²) < 4.78 is 15.7. The normalized spacial score (nSPS) is 16.5. The first-order valence-electron chi connectivity index (χ1n) is 5.95. The van der Waals surface area contributed by atoms with E-state index in [-0.39, 0.29) is 18.3 Å². The third-order valence-electron chi connectivity index (χ3n) is 2.57. The van der Waals surface area contributed by atoms with E-state index in [1.54, 1.807) is 13.2 Å². The molecule has 0 amide bonds. The molecular formula is C13H21NO4. The fourth-order valence-corrected chi connectivity index (χ4v) is 1.44. The molecule has 0 aromatic carbocycles. The minimum atomic E-state index is -0.379. The first kappa shape index (κ1) is 14.6. The van der Waals surface area contributed by atoms with Crippen LogP contribution in [0, 0.1) is 0 Å². The molecule has 0 aromatic heterocycles. The van der Waals surface area contributed by atoms with Crippen LogP contribution in [0.1, 0.15) is 20.8 Å². The summed E-state index contributed by atoms with van der Waals surface area (Å²) in [6, 6.07) is 0. The molecule has 0 spiro atoms. The number of carbonyl (C=O) groups excluding carboxylic acids is 1. The van der Waals surface area contributed by atoms with Crippen LogP contribution >= 0.6 is 0 Å². The van der Waals surface area contributed by atoms with Gasteiger partial charge in [0.15, 0.2) is 5.72 Å². The van der Waals surface area contributed by atoms with E-state index >= 15 is 0 Å². The molecule has 0 bridgehead atoms. The van der Waals surface area contributed by atoms with Crippen molar-refractivity contribution in [2.75, 3.05) is 26.4 Å². The molecule has 0 saturated carbocycles. The van der Waals surface area contributed by atoms with Crippen LogP contribution in [0.2, 0.25) is 0 Å². The molecule has 0 unspecified atom stereocenters. The topological polar surface area (TPSA) is 48.0 Å². The first-order chi connectivity index (χ1) is 8.43. The van der Waals surface area contributed by atoms with Gasteiger partial charge >= 0.3 is 5.97 Å². The van der Waals surface area contributed by atoms with Gasteiger partial charge in [-0.3, -0.25) is 0 Å². The lowest BCUT2D eigenvalue weighted by Gasteiger charge is -2.30.